The number of carbonyl (C=O) groups excluding carboxylic acids is 3. The zero-order chi connectivity index (χ0) is 30.2. The Hall–Kier alpha value is -2.53. The van der Waals surface area contributed by atoms with Gasteiger partial charge in [-0.05, 0) is 82.8 Å². The molecule has 9 atom stereocenters. The standard InChI is InChI=1S/C32H46N2O8/c1-19(2)34(29(37)22-10-8-7-9-11-22)25(28(36)33-18-27(35)38-6)14-15-26-21(4)24-13-12-20(3)23-16-17-31(5)40-30(39-26)32(23,24)42-41-31/h7-11,19-21,23-26,30H,12-18H2,1-6H3,(H,33,36)/t20-,21-,23+,24+,25?,26-,30-,31-,32-/m1/s1. The van der Waals surface area contributed by atoms with E-state index in [4.69, 9.17) is 24.0 Å². The van der Waals surface area contributed by atoms with Gasteiger partial charge in [0.05, 0.1) is 13.2 Å². The third-order valence-electron chi connectivity index (χ3n) is 10.1. The Labute approximate surface area is 248 Å². The average molecular weight is 587 g/mol. The van der Waals surface area contributed by atoms with Gasteiger partial charge in [-0.15, -0.1) is 0 Å². The Morgan fingerprint density at radius 3 is 2.50 bits per heavy atom. The Balaban J connectivity index is 1.40. The summed E-state index contributed by atoms with van der Waals surface area (Å²) in [5, 5.41) is 2.68. The van der Waals surface area contributed by atoms with Crippen LogP contribution in [0.5, 0.6) is 0 Å². The van der Waals surface area contributed by atoms with Crippen molar-refractivity contribution in [1.82, 2.24) is 10.2 Å². The predicted octanol–water partition coefficient (Wildman–Crippen LogP) is 4.23. The average Bonchev–Trinajstić information content (AvgIpc) is 3.21. The molecule has 0 radical (unpaired) electrons. The molecule has 42 heavy (non-hydrogen) atoms. The Bertz CT molecular complexity index is 1150. The first-order valence-corrected chi connectivity index (χ1v) is 15.4. The minimum atomic E-state index is -0.866. The van der Waals surface area contributed by atoms with Crippen molar-refractivity contribution >= 4 is 17.8 Å². The maximum atomic E-state index is 13.7. The third kappa shape index (κ3) is 5.58. The third-order valence-corrected chi connectivity index (χ3v) is 10.1. The molecule has 1 saturated carbocycles. The highest BCUT2D eigenvalue weighted by molar-refractivity contribution is 5.98. The van der Waals surface area contributed by atoms with Gasteiger partial charge < -0.3 is 24.4 Å². The van der Waals surface area contributed by atoms with E-state index < -0.39 is 35.6 Å². The molecular weight excluding hydrogens is 540 g/mol. The number of carbonyl (C=O) groups is 3. The summed E-state index contributed by atoms with van der Waals surface area (Å²) in [5.74, 6) is -1.05. The number of esters is 1. The van der Waals surface area contributed by atoms with Gasteiger partial charge >= 0.3 is 5.97 Å². The van der Waals surface area contributed by atoms with Crippen LogP contribution in [-0.4, -0.2) is 72.2 Å². The SMILES string of the molecule is COC(=O)CNC(=O)C(CC[C@H]1O[C@@H]2O[C@@]3(C)CC[C@H]4[C@H](C)CC[C@@H]([C@H]1C)[C@@]24OO3)N(C(=O)c1ccccc1)C(C)C. The quantitative estimate of drug-likeness (QED) is 0.338. The number of nitrogens with one attached hydrogen (secondary N) is 1. The molecule has 1 aromatic carbocycles. The van der Waals surface area contributed by atoms with Crippen LogP contribution in [0.4, 0.5) is 0 Å². The first kappa shape index (κ1) is 30.9. The number of nitrogens with zero attached hydrogens (tertiary/aromatic N) is 1. The lowest BCUT2D eigenvalue weighted by Gasteiger charge is -2.60. The number of fused-ring (bicyclic) bond motifs is 2. The lowest BCUT2D eigenvalue weighted by molar-refractivity contribution is -0.571. The molecule has 232 valence electrons. The highest BCUT2D eigenvalue weighted by Gasteiger charge is 2.69. The summed E-state index contributed by atoms with van der Waals surface area (Å²) in [6.07, 6.45) is 3.85. The second kappa shape index (κ2) is 12.2. The largest absolute Gasteiger partial charge is 0.468 e. The molecule has 4 aliphatic heterocycles. The molecule has 1 N–H and O–H groups in total. The van der Waals surface area contributed by atoms with Gasteiger partial charge in [0.15, 0.2) is 11.9 Å². The molecule has 5 fully saturated rings. The van der Waals surface area contributed by atoms with Crippen molar-refractivity contribution in [2.45, 2.75) is 109 Å². The molecule has 2 amide bonds. The number of benzene rings is 1. The predicted molar refractivity (Wildman–Crippen MR) is 153 cm³/mol. The second-order valence-electron chi connectivity index (χ2n) is 13.0. The van der Waals surface area contributed by atoms with E-state index >= 15 is 0 Å². The first-order valence-electron chi connectivity index (χ1n) is 15.4. The van der Waals surface area contributed by atoms with Crippen molar-refractivity contribution in [2.24, 2.45) is 23.7 Å². The molecule has 2 bridgehead atoms. The lowest BCUT2D eigenvalue weighted by atomic mass is 9.57. The van der Waals surface area contributed by atoms with Crippen LogP contribution in [0.1, 0.15) is 83.5 Å². The lowest BCUT2D eigenvalue weighted by Crippen LogP contribution is -2.70. The number of ether oxygens (including phenoxy) is 3. The van der Waals surface area contributed by atoms with Crippen molar-refractivity contribution in [1.29, 1.82) is 0 Å². The highest BCUT2D eigenvalue weighted by atomic mass is 17.3. The monoisotopic (exact) mass is 586 g/mol. The molecule has 4 saturated heterocycles. The summed E-state index contributed by atoms with van der Waals surface area (Å²) < 4.78 is 18.0. The topological polar surface area (TPSA) is 113 Å². The van der Waals surface area contributed by atoms with Gasteiger partial charge in [-0.25, -0.2) is 9.78 Å². The van der Waals surface area contributed by atoms with Crippen molar-refractivity contribution in [3.05, 3.63) is 35.9 Å². The molecule has 6 rings (SSSR count). The Kier molecular flexibility index (Phi) is 9.00. The van der Waals surface area contributed by atoms with Crippen molar-refractivity contribution in [3.63, 3.8) is 0 Å². The van der Waals surface area contributed by atoms with E-state index in [1.807, 2.05) is 26.8 Å². The molecule has 4 heterocycles. The van der Waals surface area contributed by atoms with E-state index in [-0.39, 0.29) is 42.4 Å². The Morgan fingerprint density at radius 1 is 1.07 bits per heavy atom. The Morgan fingerprint density at radius 2 is 1.81 bits per heavy atom. The van der Waals surface area contributed by atoms with E-state index in [1.54, 1.807) is 29.2 Å². The fourth-order valence-electron chi connectivity index (χ4n) is 7.84. The molecule has 1 spiro atoms. The van der Waals surface area contributed by atoms with Crippen molar-refractivity contribution in [2.75, 3.05) is 13.7 Å². The van der Waals surface area contributed by atoms with E-state index in [0.717, 1.165) is 25.7 Å². The smallest absolute Gasteiger partial charge is 0.325 e. The first-order chi connectivity index (χ1) is 20.0. The molecule has 0 aromatic heterocycles. The summed E-state index contributed by atoms with van der Waals surface area (Å²) in [4.78, 5) is 53.0. The van der Waals surface area contributed by atoms with Crippen LogP contribution in [0.25, 0.3) is 0 Å². The number of hydrogen-bond acceptors (Lipinski definition) is 8. The minimum absolute atomic E-state index is 0.113. The van der Waals surface area contributed by atoms with Gasteiger partial charge in [0.2, 0.25) is 11.7 Å². The molecule has 10 heteroatoms. The van der Waals surface area contributed by atoms with E-state index in [0.29, 0.717) is 24.3 Å². The summed E-state index contributed by atoms with van der Waals surface area (Å²) in [6, 6.07) is 7.85. The summed E-state index contributed by atoms with van der Waals surface area (Å²) in [5.41, 5.74) is -0.162. The van der Waals surface area contributed by atoms with Crippen molar-refractivity contribution < 1.29 is 38.4 Å². The van der Waals surface area contributed by atoms with Gasteiger partial charge in [0, 0.05) is 23.9 Å². The van der Waals surface area contributed by atoms with Crippen LogP contribution in [0.3, 0.4) is 0 Å². The van der Waals surface area contributed by atoms with Crippen LogP contribution < -0.4 is 5.32 Å². The maximum absolute atomic E-state index is 13.7. The normalized spacial score (nSPS) is 36.0. The molecular formula is C32H46N2O8. The summed E-state index contributed by atoms with van der Waals surface area (Å²) >= 11 is 0. The number of hydrogen-bond donors (Lipinski definition) is 1. The van der Waals surface area contributed by atoms with Crippen LogP contribution in [-0.2, 0) is 33.6 Å². The van der Waals surface area contributed by atoms with E-state index in [1.165, 1.54) is 7.11 Å². The van der Waals surface area contributed by atoms with Gasteiger partial charge in [-0.2, -0.15) is 0 Å². The number of methoxy groups -OCH3 is 1. The number of amides is 2. The van der Waals surface area contributed by atoms with Gasteiger partial charge in [0.25, 0.3) is 5.91 Å². The fraction of sp³-hybridized carbons (Fsp3) is 0.719. The van der Waals surface area contributed by atoms with Gasteiger partial charge in [-0.3, -0.25) is 14.4 Å². The second-order valence-corrected chi connectivity index (χ2v) is 13.0. The molecule has 1 aromatic rings. The van der Waals surface area contributed by atoms with E-state index in [2.05, 4.69) is 19.2 Å². The zero-order valence-corrected chi connectivity index (χ0v) is 25.7. The summed E-state index contributed by atoms with van der Waals surface area (Å²) in [6.45, 7) is 9.89. The van der Waals surface area contributed by atoms with Crippen LogP contribution in [0, 0.1) is 23.7 Å². The van der Waals surface area contributed by atoms with Crippen LogP contribution in [0.2, 0.25) is 0 Å². The minimum Gasteiger partial charge on any atom is -0.468 e. The molecule has 1 unspecified atom stereocenters. The maximum Gasteiger partial charge on any atom is 0.325 e. The van der Waals surface area contributed by atoms with Gasteiger partial charge in [0.1, 0.15) is 12.6 Å². The van der Waals surface area contributed by atoms with Gasteiger partial charge in [-0.1, -0.05) is 32.0 Å². The molecule has 10 nitrogen and oxygen atoms in total. The molecule has 1 aliphatic carbocycles. The summed E-state index contributed by atoms with van der Waals surface area (Å²) in [7, 11) is 1.27. The van der Waals surface area contributed by atoms with Crippen molar-refractivity contribution in [3.8, 4) is 0 Å². The van der Waals surface area contributed by atoms with Crippen LogP contribution >= 0.6 is 0 Å². The zero-order valence-electron chi connectivity index (χ0n) is 25.7. The van der Waals surface area contributed by atoms with Crippen LogP contribution in [0.15, 0.2) is 30.3 Å². The van der Waals surface area contributed by atoms with E-state index in [9.17, 15) is 14.4 Å². The molecule has 5 aliphatic rings. The highest BCUT2D eigenvalue weighted by Crippen LogP contribution is 2.60. The fourth-order valence-corrected chi connectivity index (χ4v) is 7.84. The number of rotatable bonds is 9.